The largest absolute Gasteiger partial charge is 0.391 e. The SMILES string of the molecule is CN(c1ccc(C#N)cc1)[C@@H]1CCCC[C@H]1O. The molecule has 0 saturated heterocycles. The van der Waals surface area contributed by atoms with Crippen molar-refractivity contribution in [3.05, 3.63) is 29.8 Å². The van der Waals surface area contributed by atoms with Crippen molar-refractivity contribution in [2.45, 2.75) is 37.8 Å². The van der Waals surface area contributed by atoms with Gasteiger partial charge in [0.05, 0.1) is 23.8 Å². The molecule has 0 aromatic heterocycles. The number of likely N-dealkylation sites (N-methyl/N-ethyl adjacent to an activating group) is 1. The molecule has 0 aliphatic heterocycles. The Kier molecular flexibility index (Phi) is 3.65. The second-order valence-electron chi connectivity index (χ2n) is 4.69. The second kappa shape index (κ2) is 5.20. The van der Waals surface area contributed by atoms with Crippen molar-refractivity contribution in [3.8, 4) is 6.07 Å². The molecule has 2 atom stereocenters. The minimum Gasteiger partial charge on any atom is -0.391 e. The molecule has 1 fully saturated rings. The standard InChI is InChI=1S/C14H18N2O/c1-16(13-4-2-3-5-14(13)17)12-8-6-11(10-15)7-9-12/h6-9,13-14,17H,2-5H2,1H3/t13-,14-/m1/s1. The summed E-state index contributed by atoms with van der Waals surface area (Å²) >= 11 is 0. The molecule has 0 spiro atoms. The third-order valence-corrected chi connectivity index (χ3v) is 3.60. The van der Waals surface area contributed by atoms with Gasteiger partial charge in [-0.15, -0.1) is 0 Å². The maximum atomic E-state index is 10.0. The molecule has 3 heteroatoms. The van der Waals surface area contributed by atoms with Crippen LogP contribution in [0.15, 0.2) is 24.3 Å². The fourth-order valence-electron chi connectivity index (χ4n) is 2.51. The van der Waals surface area contributed by atoms with Gasteiger partial charge in [-0.25, -0.2) is 0 Å². The number of nitrogens with zero attached hydrogens (tertiary/aromatic N) is 2. The normalized spacial score (nSPS) is 24.1. The van der Waals surface area contributed by atoms with E-state index in [-0.39, 0.29) is 12.1 Å². The minimum atomic E-state index is -0.232. The zero-order valence-electron chi connectivity index (χ0n) is 10.1. The van der Waals surface area contributed by atoms with E-state index in [0.717, 1.165) is 24.9 Å². The Hall–Kier alpha value is -1.53. The maximum Gasteiger partial charge on any atom is 0.0991 e. The summed E-state index contributed by atoms with van der Waals surface area (Å²) in [5.74, 6) is 0. The Balaban J connectivity index is 2.12. The van der Waals surface area contributed by atoms with E-state index in [1.165, 1.54) is 6.42 Å². The van der Waals surface area contributed by atoms with Crippen LogP contribution in [0.4, 0.5) is 5.69 Å². The first-order chi connectivity index (χ1) is 8.22. The summed E-state index contributed by atoms with van der Waals surface area (Å²) in [6.07, 6.45) is 4.01. The summed E-state index contributed by atoms with van der Waals surface area (Å²) in [6, 6.07) is 9.85. The molecule has 1 aromatic carbocycles. The highest BCUT2D eigenvalue weighted by Gasteiger charge is 2.26. The van der Waals surface area contributed by atoms with E-state index in [1.54, 1.807) is 0 Å². The number of aliphatic hydroxyl groups is 1. The summed E-state index contributed by atoms with van der Waals surface area (Å²) in [5.41, 5.74) is 1.74. The van der Waals surface area contributed by atoms with E-state index in [0.29, 0.717) is 5.56 Å². The van der Waals surface area contributed by atoms with Gasteiger partial charge in [-0.1, -0.05) is 12.8 Å². The molecule has 1 saturated carbocycles. The first-order valence-electron chi connectivity index (χ1n) is 6.13. The Morgan fingerprint density at radius 2 is 1.88 bits per heavy atom. The summed E-state index contributed by atoms with van der Waals surface area (Å²) < 4.78 is 0. The van der Waals surface area contributed by atoms with Gasteiger partial charge in [0.25, 0.3) is 0 Å². The first-order valence-corrected chi connectivity index (χ1v) is 6.13. The molecule has 90 valence electrons. The molecule has 1 aliphatic rings. The van der Waals surface area contributed by atoms with Crippen LogP contribution in [0.5, 0.6) is 0 Å². The van der Waals surface area contributed by atoms with Crippen LogP contribution in [0.2, 0.25) is 0 Å². The van der Waals surface area contributed by atoms with Crippen LogP contribution < -0.4 is 4.90 Å². The smallest absolute Gasteiger partial charge is 0.0991 e. The number of hydrogen-bond donors (Lipinski definition) is 1. The van der Waals surface area contributed by atoms with Crippen molar-refractivity contribution in [1.29, 1.82) is 5.26 Å². The quantitative estimate of drug-likeness (QED) is 0.848. The van der Waals surface area contributed by atoms with Gasteiger partial charge in [0.2, 0.25) is 0 Å². The zero-order chi connectivity index (χ0) is 12.3. The topological polar surface area (TPSA) is 47.3 Å². The van der Waals surface area contributed by atoms with Crippen molar-refractivity contribution in [2.24, 2.45) is 0 Å². The van der Waals surface area contributed by atoms with Crippen molar-refractivity contribution in [2.75, 3.05) is 11.9 Å². The van der Waals surface area contributed by atoms with Crippen molar-refractivity contribution in [1.82, 2.24) is 0 Å². The molecule has 1 aromatic rings. The molecule has 0 heterocycles. The van der Waals surface area contributed by atoms with Crippen LogP contribution in [0.1, 0.15) is 31.2 Å². The lowest BCUT2D eigenvalue weighted by molar-refractivity contribution is 0.106. The van der Waals surface area contributed by atoms with E-state index in [1.807, 2.05) is 31.3 Å². The summed E-state index contributed by atoms with van der Waals surface area (Å²) in [5, 5.41) is 18.8. The van der Waals surface area contributed by atoms with Gasteiger partial charge in [-0.3, -0.25) is 0 Å². The zero-order valence-corrected chi connectivity index (χ0v) is 10.1. The first kappa shape index (κ1) is 11.9. The van der Waals surface area contributed by atoms with Gasteiger partial charge in [0, 0.05) is 12.7 Å². The van der Waals surface area contributed by atoms with Crippen LogP contribution >= 0.6 is 0 Å². The predicted octanol–water partition coefficient (Wildman–Crippen LogP) is 2.30. The summed E-state index contributed by atoms with van der Waals surface area (Å²) in [4.78, 5) is 2.13. The Morgan fingerprint density at radius 1 is 1.24 bits per heavy atom. The number of aliphatic hydroxyl groups excluding tert-OH is 1. The van der Waals surface area contributed by atoms with Crippen molar-refractivity contribution >= 4 is 5.69 Å². The predicted molar refractivity (Wildman–Crippen MR) is 67.8 cm³/mol. The van der Waals surface area contributed by atoms with E-state index in [9.17, 15) is 5.11 Å². The van der Waals surface area contributed by atoms with Gasteiger partial charge < -0.3 is 10.0 Å². The van der Waals surface area contributed by atoms with E-state index in [2.05, 4.69) is 11.0 Å². The Morgan fingerprint density at radius 3 is 2.47 bits per heavy atom. The Bertz CT molecular complexity index is 407. The van der Waals surface area contributed by atoms with Crippen LogP contribution in [0.25, 0.3) is 0 Å². The fraction of sp³-hybridized carbons (Fsp3) is 0.500. The number of nitriles is 1. The highest BCUT2D eigenvalue weighted by molar-refractivity contribution is 5.50. The molecule has 17 heavy (non-hydrogen) atoms. The third-order valence-electron chi connectivity index (χ3n) is 3.60. The molecule has 1 N–H and O–H groups in total. The van der Waals surface area contributed by atoms with E-state index >= 15 is 0 Å². The average Bonchev–Trinajstić information content (AvgIpc) is 2.39. The molecule has 0 amide bonds. The Labute approximate surface area is 102 Å². The number of benzene rings is 1. The molecule has 0 radical (unpaired) electrons. The minimum absolute atomic E-state index is 0.205. The van der Waals surface area contributed by atoms with Crippen molar-refractivity contribution in [3.63, 3.8) is 0 Å². The van der Waals surface area contributed by atoms with Gasteiger partial charge in [0.1, 0.15) is 0 Å². The molecule has 1 aliphatic carbocycles. The third kappa shape index (κ3) is 2.59. The van der Waals surface area contributed by atoms with Crippen LogP contribution in [0, 0.1) is 11.3 Å². The van der Waals surface area contributed by atoms with Crippen molar-refractivity contribution < 1.29 is 5.11 Å². The molecular formula is C14H18N2O. The van der Waals surface area contributed by atoms with Gasteiger partial charge in [0.15, 0.2) is 0 Å². The lowest BCUT2D eigenvalue weighted by Crippen LogP contribution is -2.43. The van der Waals surface area contributed by atoms with E-state index in [4.69, 9.17) is 5.26 Å². The second-order valence-corrected chi connectivity index (χ2v) is 4.69. The monoisotopic (exact) mass is 230 g/mol. The molecule has 2 rings (SSSR count). The van der Waals surface area contributed by atoms with Gasteiger partial charge in [-0.05, 0) is 37.1 Å². The van der Waals surface area contributed by atoms with Gasteiger partial charge >= 0.3 is 0 Å². The van der Waals surface area contributed by atoms with Crippen LogP contribution in [0.3, 0.4) is 0 Å². The molecule has 0 unspecified atom stereocenters. The highest BCUT2D eigenvalue weighted by atomic mass is 16.3. The summed E-state index contributed by atoms with van der Waals surface area (Å²) in [6.45, 7) is 0. The van der Waals surface area contributed by atoms with Crippen LogP contribution in [-0.2, 0) is 0 Å². The number of anilines is 1. The molecular weight excluding hydrogens is 212 g/mol. The number of hydrogen-bond acceptors (Lipinski definition) is 3. The fourth-order valence-corrected chi connectivity index (χ4v) is 2.51. The lowest BCUT2D eigenvalue weighted by Gasteiger charge is -2.36. The number of rotatable bonds is 2. The molecule has 0 bridgehead atoms. The molecule has 3 nitrogen and oxygen atoms in total. The van der Waals surface area contributed by atoms with Crippen LogP contribution in [-0.4, -0.2) is 24.3 Å². The summed E-state index contributed by atoms with van der Waals surface area (Å²) in [7, 11) is 2.01. The maximum absolute atomic E-state index is 10.0. The van der Waals surface area contributed by atoms with Gasteiger partial charge in [-0.2, -0.15) is 5.26 Å². The lowest BCUT2D eigenvalue weighted by atomic mass is 9.91. The van der Waals surface area contributed by atoms with E-state index < -0.39 is 0 Å². The highest BCUT2D eigenvalue weighted by Crippen LogP contribution is 2.26. The average molecular weight is 230 g/mol.